The maximum atomic E-state index is 13.8. The van der Waals surface area contributed by atoms with Crippen LogP contribution in [0.5, 0.6) is 0 Å². The maximum Gasteiger partial charge on any atom is 0.441 e. The Morgan fingerprint density at radius 3 is 2.40 bits per heavy atom. The van der Waals surface area contributed by atoms with Crippen LogP contribution in [0.2, 0.25) is 0 Å². The molecule has 5 heteroatoms. The van der Waals surface area contributed by atoms with Gasteiger partial charge in [0, 0.05) is 11.0 Å². The molecule has 0 saturated carbocycles. The first kappa shape index (κ1) is 16.0. The minimum Gasteiger partial charge on any atom is -0.360 e. The molecule has 1 N–H and O–H groups in total. The zero-order valence-corrected chi connectivity index (χ0v) is 13.7. The molecule has 1 aliphatic rings. The molecule has 1 unspecified atom stereocenters. The number of aromatic nitrogens is 1. The lowest BCUT2D eigenvalue weighted by Gasteiger charge is -2.27. The van der Waals surface area contributed by atoms with Crippen molar-refractivity contribution in [1.82, 2.24) is 4.57 Å². The van der Waals surface area contributed by atoms with E-state index in [2.05, 4.69) is 0 Å². The van der Waals surface area contributed by atoms with E-state index >= 15 is 0 Å². The van der Waals surface area contributed by atoms with E-state index < -0.39 is 11.9 Å². The highest BCUT2D eigenvalue weighted by atomic mass is 19.4. The second-order valence-electron chi connectivity index (χ2n) is 6.48. The van der Waals surface area contributed by atoms with E-state index in [0.717, 1.165) is 21.8 Å². The lowest BCUT2D eigenvalue weighted by atomic mass is 9.97. The quantitative estimate of drug-likeness (QED) is 0.667. The van der Waals surface area contributed by atoms with Gasteiger partial charge in [-0.15, -0.1) is 0 Å². The van der Waals surface area contributed by atoms with Crippen molar-refractivity contribution in [3.8, 4) is 0 Å². The summed E-state index contributed by atoms with van der Waals surface area (Å²) in [5.41, 5.74) is 0.449. The Balaban J connectivity index is 2.12. The van der Waals surface area contributed by atoms with Gasteiger partial charge in [-0.2, -0.15) is 13.2 Å². The second kappa shape index (κ2) is 4.99. The third-order valence-electron chi connectivity index (χ3n) is 4.82. The fourth-order valence-corrected chi connectivity index (χ4v) is 3.65. The number of benzene rings is 2. The summed E-state index contributed by atoms with van der Waals surface area (Å²) in [5.74, 6) is 0. The fourth-order valence-electron chi connectivity index (χ4n) is 3.65. The Morgan fingerprint density at radius 1 is 1.00 bits per heavy atom. The molecule has 2 nitrogen and oxygen atoms in total. The number of hydrogen-bond acceptors (Lipinski definition) is 1. The highest BCUT2D eigenvalue weighted by Crippen LogP contribution is 2.49. The standard InChI is InChI=1S/C20H16F3NO/c1-12-6-5-7-14(10-12)16-11-19(25,20(21,22)23)24-17-9-4-3-8-15(17)13(2)18(16)24/h3-11,25H,1-2H3. The van der Waals surface area contributed by atoms with E-state index in [-0.39, 0.29) is 0 Å². The van der Waals surface area contributed by atoms with Gasteiger partial charge in [-0.05, 0) is 37.1 Å². The van der Waals surface area contributed by atoms with Gasteiger partial charge in [0.2, 0.25) is 0 Å². The van der Waals surface area contributed by atoms with Crippen LogP contribution < -0.4 is 0 Å². The average Bonchev–Trinajstić information content (AvgIpc) is 3.03. The highest BCUT2D eigenvalue weighted by molar-refractivity contribution is 5.95. The topological polar surface area (TPSA) is 25.2 Å². The zero-order chi connectivity index (χ0) is 18.0. The van der Waals surface area contributed by atoms with Gasteiger partial charge in [0.25, 0.3) is 5.72 Å². The normalized spacial score (nSPS) is 20.0. The number of aliphatic hydroxyl groups is 1. The molecule has 0 bridgehead atoms. The Kier molecular flexibility index (Phi) is 3.19. The van der Waals surface area contributed by atoms with Gasteiger partial charge < -0.3 is 9.67 Å². The molecule has 0 amide bonds. The number of rotatable bonds is 1. The van der Waals surface area contributed by atoms with Crippen molar-refractivity contribution in [1.29, 1.82) is 0 Å². The first-order valence-corrected chi connectivity index (χ1v) is 7.94. The number of fused-ring (bicyclic) bond motifs is 3. The van der Waals surface area contributed by atoms with E-state index in [0.29, 0.717) is 27.7 Å². The van der Waals surface area contributed by atoms with Gasteiger partial charge in [0.1, 0.15) is 0 Å². The lowest BCUT2D eigenvalue weighted by Crippen LogP contribution is -2.44. The summed E-state index contributed by atoms with van der Waals surface area (Å²) in [6.07, 6.45) is -3.90. The molecule has 0 spiro atoms. The van der Waals surface area contributed by atoms with Crippen LogP contribution in [-0.2, 0) is 5.72 Å². The summed E-state index contributed by atoms with van der Waals surface area (Å²) in [6.45, 7) is 3.68. The van der Waals surface area contributed by atoms with Crippen LogP contribution in [0.3, 0.4) is 0 Å². The van der Waals surface area contributed by atoms with Crippen molar-refractivity contribution < 1.29 is 18.3 Å². The predicted octanol–water partition coefficient (Wildman–Crippen LogP) is 4.91. The van der Waals surface area contributed by atoms with Crippen LogP contribution in [0.25, 0.3) is 16.5 Å². The van der Waals surface area contributed by atoms with Crippen LogP contribution in [0.1, 0.15) is 22.4 Å². The summed E-state index contributed by atoms with van der Waals surface area (Å²) >= 11 is 0. The van der Waals surface area contributed by atoms with E-state index in [1.165, 1.54) is 0 Å². The van der Waals surface area contributed by atoms with Crippen LogP contribution in [0.4, 0.5) is 13.2 Å². The van der Waals surface area contributed by atoms with E-state index in [1.54, 1.807) is 43.3 Å². The number of alkyl halides is 3. The number of nitrogens with zero attached hydrogens (tertiary/aromatic N) is 1. The van der Waals surface area contributed by atoms with Gasteiger partial charge in [0.15, 0.2) is 0 Å². The van der Waals surface area contributed by atoms with Gasteiger partial charge >= 0.3 is 6.18 Å². The number of hydrogen-bond donors (Lipinski definition) is 1. The van der Waals surface area contributed by atoms with Crippen molar-refractivity contribution in [2.75, 3.05) is 0 Å². The van der Waals surface area contributed by atoms with Crippen molar-refractivity contribution in [3.63, 3.8) is 0 Å². The molecule has 0 radical (unpaired) electrons. The smallest absolute Gasteiger partial charge is 0.360 e. The summed E-state index contributed by atoms with van der Waals surface area (Å²) < 4.78 is 42.5. The number of aryl methyl sites for hydroxylation is 2. The molecule has 4 rings (SSSR count). The van der Waals surface area contributed by atoms with Crippen LogP contribution >= 0.6 is 0 Å². The van der Waals surface area contributed by atoms with Gasteiger partial charge in [-0.1, -0.05) is 48.0 Å². The lowest BCUT2D eigenvalue weighted by molar-refractivity contribution is -0.272. The van der Waals surface area contributed by atoms with Gasteiger partial charge in [-0.3, -0.25) is 0 Å². The van der Waals surface area contributed by atoms with E-state index in [1.807, 2.05) is 19.1 Å². The molecule has 1 atom stereocenters. The molecular formula is C20H16F3NO. The molecule has 2 aromatic carbocycles. The second-order valence-corrected chi connectivity index (χ2v) is 6.48. The monoisotopic (exact) mass is 343 g/mol. The molecule has 3 aromatic rings. The predicted molar refractivity (Wildman–Crippen MR) is 91.2 cm³/mol. The van der Waals surface area contributed by atoms with Crippen molar-refractivity contribution >= 4 is 16.5 Å². The average molecular weight is 343 g/mol. The molecule has 2 heterocycles. The Hall–Kier alpha value is -2.53. The molecule has 128 valence electrons. The SMILES string of the molecule is Cc1cccc(C2=CC(O)(C(F)(F)F)n3c2c(C)c2ccccc23)c1. The summed E-state index contributed by atoms with van der Waals surface area (Å²) in [6, 6.07) is 14.1. The molecule has 0 aliphatic carbocycles. The first-order chi connectivity index (χ1) is 11.7. The van der Waals surface area contributed by atoms with E-state index in [4.69, 9.17) is 0 Å². The van der Waals surface area contributed by atoms with Crippen molar-refractivity contribution in [2.45, 2.75) is 25.7 Å². The molecule has 25 heavy (non-hydrogen) atoms. The molecule has 1 aliphatic heterocycles. The molecular weight excluding hydrogens is 327 g/mol. The highest BCUT2D eigenvalue weighted by Gasteiger charge is 2.58. The Labute approximate surface area is 142 Å². The Bertz CT molecular complexity index is 1030. The molecule has 1 aromatic heterocycles. The third-order valence-corrected chi connectivity index (χ3v) is 4.82. The van der Waals surface area contributed by atoms with E-state index in [9.17, 15) is 18.3 Å². The summed E-state index contributed by atoms with van der Waals surface area (Å²) in [4.78, 5) is 0. The minimum absolute atomic E-state index is 0.369. The first-order valence-electron chi connectivity index (χ1n) is 7.94. The van der Waals surface area contributed by atoms with Crippen LogP contribution in [0, 0.1) is 13.8 Å². The maximum absolute atomic E-state index is 13.8. The summed E-state index contributed by atoms with van der Waals surface area (Å²) in [7, 11) is 0. The third kappa shape index (κ3) is 2.09. The largest absolute Gasteiger partial charge is 0.441 e. The molecule has 0 fully saturated rings. The number of para-hydroxylation sites is 1. The van der Waals surface area contributed by atoms with Crippen LogP contribution in [0.15, 0.2) is 54.6 Å². The van der Waals surface area contributed by atoms with Crippen molar-refractivity contribution in [3.05, 3.63) is 77.0 Å². The Morgan fingerprint density at radius 2 is 1.72 bits per heavy atom. The summed E-state index contributed by atoms with van der Waals surface area (Å²) in [5, 5.41) is 11.4. The van der Waals surface area contributed by atoms with Crippen molar-refractivity contribution in [2.24, 2.45) is 0 Å². The fraction of sp³-hybridized carbons (Fsp3) is 0.200. The zero-order valence-electron chi connectivity index (χ0n) is 13.7. The minimum atomic E-state index is -4.83. The van der Waals surface area contributed by atoms with Gasteiger partial charge in [0.05, 0.1) is 11.2 Å². The van der Waals surface area contributed by atoms with Gasteiger partial charge in [-0.25, -0.2) is 0 Å². The van der Waals surface area contributed by atoms with Crippen LogP contribution in [-0.4, -0.2) is 15.8 Å². The molecule has 0 saturated heterocycles. The number of halogens is 3.